The van der Waals surface area contributed by atoms with Gasteiger partial charge in [0.15, 0.2) is 17.3 Å². The van der Waals surface area contributed by atoms with Crippen molar-refractivity contribution in [2.45, 2.75) is 34.1 Å². The van der Waals surface area contributed by atoms with Gasteiger partial charge in [-0.25, -0.2) is 0 Å². The van der Waals surface area contributed by atoms with E-state index in [1.165, 1.54) is 12.1 Å². The lowest BCUT2D eigenvalue weighted by Gasteiger charge is -2.42. The van der Waals surface area contributed by atoms with Crippen LogP contribution in [0.4, 0.5) is 0 Å². The van der Waals surface area contributed by atoms with Gasteiger partial charge in [-0.05, 0) is 49.6 Å². The minimum absolute atomic E-state index is 0.0343. The van der Waals surface area contributed by atoms with Crippen molar-refractivity contribution in [1.82, 2.24) is 0 Å². The SMILES string of the molecule is CC1=C(C)C2=CC(=O)C3=C(C(=O)c4oc(C)cc4C3=O)[C@@]2(C)CC1=O. The first-order valence-corrected chi connectivity index (χ1v) is 8.09. The van der Waals surface area contributed by atoms with Gasteiger partial charge in [0.25, 0.3) is 0 Å². The molecule has 5 heteroatoms. The molecule has 5 nitrogen and oxygen atoms in total. The molecule has 0 aromatic carbocycles. The number of ketones is 4. The molecule has 1 atom stereocenters. The molecular formula is C20H16O5. The maximum Gasteiger partial charge on any atom is 0.226 e. The Hall–Kier alpha value is -2.82. The quantitative estimate of drug-likeness (QED) is 0.680. The van der Waals surface area contributed by atoms with Crippen LogP contribution >= 0.6 is 0 Å². The third-order valence-electron chi connectivity index (χ3n) is 5.58. The molecule has 1 heterocycles. The predicted octanol–water partition coefficient (Wildman–Crippen LogP) is 3.09. The van der Waals surface area contributed by atoms with Crippen molar-refractivity contribution in [1.29, 1.82) is 0 Å². The monoisotopic (exact) mass is 336 g/mol. The van der Waals surface area contributed by atoms with Crippen molar-refractivity contribution in [3.05, 3.63) is 57.1 Å². The molecule has 0 radical (unpaired) electrons. The molecule has 3 aliphatic rings. The van der Waals surface area contributed by atoms with E-state index in [2.05, 4.69) is 0 Å². The van der Waals surface area contributed by atoms with E-state index in [9.17, 15) is 19.2 Å². The van der Waals surface area contributed by atoms with E-state index in [0.29, 0.717) is 22.5 Å². The van der Waals surface area contributed by atoms with Crippen LogP contribution in [0.5, 0.6) is 0 Å². The van der Waals surface area contributed by atoms with Gasteiger partial charge in [-0.15, -0.1) is 0 Å². The van der Waals surface area contributed by atoms with Crippen molar-refractivity contribution in [3.63, 3.8) is 0 Å². The topological polar surface area (TPSA) is 81.4 Å². The Morgan fingerprint density at radius 3 is 2.36 bits per heavy atom. The highest BCUT2D eigenvalue weighted by Gasteiger charge is 2.52. The van der Waals surface area contributed by atoms with E-state index >= 15 is 0 Å². The van der Waals surface area contributed by atoms with Crippen molar-refractivity contribution in [2.75, 3.05) is 0 Å². The second-order valence-electron chi connectivity index (χ2n) is 7.11. The lowest BCUT2D eigenvalue weighted by Crippen LogP contribution is -2.42. The fraction of sp³-hybridized carbons (Fsp3) is 0.300. The zero-order valence-electron chi connectivity index (χ0n) is 14.4. The largest absolute Gasteiger partial charge is 0.457 e. The third-order valence-corrected chi connectivity index (χ3v) is 5.58. The highest BCUT2D eigenvalue weighted by atomic mass is 16.3. The van der Waals surface area contributed by atoms with Crippen LogP contribution < -0.4 is 0 Å². The molecule has 25 heavy (non-hydrogen) atoms. The van der Waals surface area contributed by atoms with Gasteiger partial charge in [-0.1, -0.05) is 6.92 Å². The Kier molecular flexibility index (Phi) is 2.90. The summed E-state index contributed by atoms with van der Waals surface area (Å²) >= 11 is 0. The van der Waals surface area contributed by atoms with E-state index in [1.807, 2.05) is 0 Å². The Balaban J connectivity index is 2.03. The smallest absolute Gasteiger partial charge is 0.226 e. The number of carbonyl (C=O) groups excluding carboxylic acids is 4. The molecule has 126 valence electrons. The van der Waals surface area contributed by atoms with Gasteiger partial charge in [-0.2, -0.15) is 0 Å². The number of allylic oxidation sites excluding steroid dienone is 6. The fourth-order valence-corrected chi connectivity index (χ4v) is 4.16. The Bertz CT molecular complexity index is 1020. The van der Waals surface area contributed by atoms with Crippen LogP contribution in [-0.2, 0) is 9.59 Å². The van der Waals surface area contributed by atoms with Crippen molar-refractivity contribution >= 4 is 23.1 Å². The van der Waals surface area contributed by atoms with E-state index in [-0.39, 0.29) is 34.7 Å². The molecule has 0 amide bonds. The summed E-state index contributed by atoms with van der Waals surface area (Å²) in [6.45, 7) is 6.88. The van der Waals surface area contributed by atoms with Gasteiger partial charge in [0, 0.05) is 17.4 Å². The summed E-state index contributed by atoms with van der Waals surface area (Å²) in [5.41, 5.74) is 1.04. The molecular weight excluding hydrogens is 320 g/mol. The molecule has 0 N–H and O–H groups in total. The summed E-state index contributed by atoms with van der Waals surface area (Å²) in [5, 5.41) is 0. The fourth-order valence-electron chi connectivity index (χ4n) is 4.16. The van der Waals surface area contributed by atoms with Crippen LogP contribution in [0.1, 0.15) is 53.9 Å². The molecule has 0 aliphatic heterocycles. The Morgan fingerprint density at radius 2 is 1.68 bits per heavy atom. The predicted molar refractivity (Wildman–Crippen MR) is 88.3 cm³/mol. The number of hydrogen-bond donors (Lipinski definition) is 0. The lowest BCUT2D eigenvalue weighted by atomic mass is 9.58. The maximum atomic E-state index is 13.1. The van der Waals surface area contributed by atoms with Crippen molar-refractivity contribution in [2.24, 2.45) is 5.41 Å². The zero-order chi connectivity index (χ0) is 18.3. The molecule has 0 unspecified atom stereocenters. The number of carbonyl (C=O) groups is 4. The molecule has 0 saturated carbocycles. The molecule has 0 saturated heterocycles. The van der Waals surface area contributed by atoms with Crippen LogP contribution in [0.15, 0.2) is 44.4 Å². The van der Waals surface area contributed by atoms with Crippen LogP contribution in [0.25, 0.3) is 0 Å². The average molecular weight is 336 g/mol. The first-order valence-electron chi connectivity index (χ1n) is 8.09. The molecule has 0 bridgehead atoms. The van der Waals surface area contributed by atoms with E-state index < -0.39 is 22.8 Å². The van der Waals surface area contributed by atoms with Gasteiger partial charge in [-0.3, -0.25) is 19.2 Å². The van der Waals surface area contributed by atoms with Crippen molar-refractivity contribution in [3.8, 4) is 0 Å². The Labute approximate surface area is 144 Å². The summed E-state index contributed by atoms with van der Waals surface area (Å²) < 4.78 is 5.44. The summed E-state index contributed by atoms with van der Waals surface area (Å²) in [5.74, 6) is -1.14. The second-order valence-corrected chi connectivity index (χ2v) is 7.11. The summed E-state index contributed by atoms with van der Waals surface area (Å²) in [4.78, 5) is 51.1. The second kappa shape index (κ2) is 4.63. The third kappa shape index (κ3) is 1.78. The first kappa shape index (κ1) is 15.7. The van der Waals surface area contributed by atoms with Gasteiger partial charge in [0.05, 0.1) is 11.1 Å². The van der Waals surface area contributed by atoms with E-state index in [0.717, 1.165) is 0 Å². The standard InChI is InChI=1S/C20H16O5/c1-8-5-11-17(23)15-13(21)6-12-9(2)10(3)14(22)7-20(12,4)16(15)18(24)19(11)25-8/h5-6H,7H2,1-4H3/t20-/m0/s1. The van der Waals surface area contributed by atoms with Gasteiger partial charge < -0.3 is 4.42 Å². The molecule has 0 spiro atoms. The number of fused-ring (bicyclic) bond motifs is 3. The Morgan fingerprint density at radius 1 is 1.00 bits per heavy atom. The molecule has 4 rings (SSSR count). The summed E-state index contributed by atoms with van der Waals surface area (Å²) in [6.07, 6.45) is 1.47. The normalized spacial score (nSPS) is 25.8. The number of Topliss-reactive ketones (excluding diaryl/α,β-unsaturated/α-hetero) is 3. The first-order chi connectivity index (χ1) is 11.7. The van der Waals surface area contributed by atoms with Gasteiger partial charge in [0.1, 0.15) is 5.76 Å². The summed E-state index contributed by atoms with van der Waals surface area (Å²) in [7, 11) is 0. The van der Waals surface area contributed by atoms with E-state index in [1.54, 1.807) is 27.7 Å². The van der Waals surface area contributed by atoms with Gasteiger partial charge in [0.2, 0.25) is 11.6 Å². The summed E-state index contributed by atoms with van der Waals surface area (Å²) in [6, 6.07) is 1.48. The maximum absolute atomic E-state index is 13.1. The number of furan rings is 1. The number of aryl methyl sites for hydroxylation is 1. The van der Waals surface area contributed by atoms with E-state index in [4.69, 9.17) is 4.42 Å². The van der Waals surface area contributed by atoms with Crippen LogP contribution in [-0.4, -0.2) is 23.1 Å². The molecule has 1 aromatic rings. The van der Waals surface area contributed by atoms with Gasteiger partial charge >= 0.3 is 0 Å². The number of rotatable bonds is 0. The van der Waals surface area contributed by atoms with Crippen molar-refractivity contribution < 1.29 is 23.6 Å². The minimum atomic E-state index is -0.991. The highest BCUT2D eigenvalue weighted by molar-refractivity contribution is 6.39. The van der Waals surface area contributed by atoms with Crippen LogP contribution in [0.3, 0.4) is 0 Å². The number of hydrogen-bond acceptors (Lipinski definition) is 5. The molecule has 0 fully saturated rings. The average Bonchev–Trinajstić information content (AvgIpc) is 2.94. The lowest BCUT2D eigenvalue weighted by molar-refractivity contribution is -0.117. The van der Waals surface area contributed by atoms with Crippen LogP contribution in [0, 0.1) is 12.3 Å². The van der Waals surface area contributed by atoms with Crippen LogP contribution in [0.2, 0.25) is 0 Å². The highest BCUT2D eigenvalue weighted by Crippen LogP contribution is 2.53. The molecule has 3 aliphatic carbocycles. The zero-order valence-corrected chi connectivity index (χ0v) is 14.4. The molecule has 1 aromatic heterocycles. The minimum Gasteiger partial charge on any atom is -0.457 e.